The summed E-state index contributed by atoms with van der Waals surface area (Å²) < 4.78 is 0. The number of amides is 1. The highest BCUT2D eigenvalue weighted by Gasteiger charge is 2.33. The first kappa shape index (κ1) is 13.8. The van der Waals surface area contributed by atoms with Crippen molar-refractivity contribution < 1.29 is 4.79 Å². The summed E-state index contributed by atoms with van der Waals surface area (Å²) in [5, 5.41) is 0. The molecule has 104 valence electrons. The molecule has 19 heavy (non-hydrogen) atoms. The van der Waals surface area contributed by atoms with Crippen LogP contribution < -0.4 is 11.2 Å². The molecule has 5 heteroatoms. The number of pyridine rings is 1. The van der Waals surface area contributed by atoms with E-state index in [-0.39, 0.29) is 22.9 Å². The fourth-order valence-electron chi connectivity index (χ4n) is 2.97. The molecular weight excluding hydrogens is 242 g/mol. The normalized spacial score (nSPS) is 22.4. The van der Waals surface area contributed by atoms with Crippen molar-refractivity contribution in [2.45, 2.75) is 32.2 Å². The number of carbonyl (C=O) groups excluding carboxylic acids is 1. The molecule has 0 bridgehead atoms. The summed E-state index contributed by atoms with van der Waals surface area (Å²) in [6.45, 7) is 3.15. The van der Waals surface area contributed by atoms with Crippen LogP contribution in [0, 0.1) is 5.92 Å². The quantitative estimate of drug-likeness (QED) is 0.849. The number of aromatic nitrogens is 1. The van der Waals surface area contributed by atoms with Gasteiger partial charge in [-0.25, -0.2) is 0 Å². The maximum Gasteiger partial charge on any atom is 0.259 e. The number of hydrogen-bond donors (Lipinski definition) is 2. The summed E-state index contributed by atoms with van der Waals surface area (Å²) in [6.07, 6.45) is 6.16. The second kappa shape index (κ2) is 6.02. The highest BCUT2D eigenvalue weighted by molar-refractivity contribution is 5.94. The van der Waals surface area contributed by atoms with Gasteiger partial charge in [0.05, 0.1) is 0 Å². The molecule has 0 aliphatic heterocycles. The van der Waals surface area contributed by atoms with Gasteiger partial charge >= 0.3 is 0 Å². The predicted molar refractivity (Wildman–Crippen MR) is 74.0 cm³/mol. The first-order valence-corrected chi connectivity index (χ1v) is 6.87. The molecule has 0 spiro atoms. The Kier molecular flexibility index (Phi) is 4.37. The molecule has 1 aliphatic carbocycles. The molecule has 3 N–H and O–H groups in total. The van der Waals surface area contributed by atoms with Crippen LogP contribution in [-0.4, -0.2) is 34.9 Å². The molecule has 1 aliphatic rings. The molecule has 2 rings (SSSR count). The summed E-state index contributed by atoms with van der Waals surface area (Å²) in [5.41, 5.74) is 5.76. The largest absolute Gasteiger partial charge is 0.367 e. The van der Waals surface area contributed by atoms with E-state index >= 15 is 0 Å². The van der Waals surface area contributed by atoms with E-state index in [1.165, 1.54) is 18.5 Å². The van der Waals surface area contributed by atoms with Gasteiger partial charge in [-0.05, 0) is 32.2 Å². The van der Waals surface area contributed by atoms with E-state index in [1.807, 2.05) is 6.92 Å². The van der Waals surface area contributed by atoms with E-state index < -0.39 is 0 Å². The molecule has 2 atom stereocenters. The summed E-state index contributed by atoms with van der Waals surface area (Å²) in [7, 11) is 0. The van der Waals surface area contributed by atoms with Gasteiger partial charge in [-0.15, -0.1) is 0 Å². The van der Waals surface area contributed by atoms with Crippen LogP contribution in [0.3, 0.4) is 0 Å². The van der Waals surface area contributed by atoms with E-state index in [1.54, 1.807) is 4.90 Å². The topological polar surface area (TPSA) is 79.2 Å². The number of H-pyrrole nitrogens is 1. The lowest BCUT2D eigenvalue weighted by atomic mass is 10.0. The van der Waals surface area contributed by atoms with Gasteiger partial charge in [0.2, 0.25) is 0 Å². The third-order valence-corrected chi connectivity index (χ3v) is 3.98. The maximum absolute atomic E-state index is 12.5. The van der Waals surface area contributed by atoms with Gasteiger partial charge in [0.15, 0.2) is 5.43 Å². The van der Waals surface area contributed by atoms with Crippen molar-refractivity contribution in [3.05, 3.63) is 34.2 Å². The highest BCUT2D eigenvalue weighted by Crippen LogP contribution is 2.29. The Balaban J connectivity index is 2.25. The maximum atomic E-state index is 12.5. The monoisotopic (exact) mass is 263 g/mol. The molecule has 1 aromatic heterocycles. The van der Waals surface area contributed by atoms with Gasteiger partial charge in [-0.3, -0.25) is 9.59 Å². The Labute approximate surface area is 112 Å². The first-order valence-electron chi connectivity index (χ1n) is 6.87. The molecule has 0 aromatic carbocycles. The lowest BCUT2D eigenvalue weighted by molar-refractivity contribution is 0.0650. The first-order chi connectivity index (χ1) is 9.19. The number of rotatable bonds is 4. The average Bonchev–Trinajstić information content (AvgIpc) is 2.88. The zero-order valence-electron chi connectivity index (χ0n) is 11.3. The van der Waals surface area contributed by atoms with E-state index in [4.69, 9.17) is 5.73 Å². The van der Waals surface area contributed by atoms with Crippen LogP contribution in [0.5, 0.6) is 0 Å². The number of nitrogens with zero attached hydrogens (tertiary/aromatic N) is 1. The number of carbonyl (C=O) groups is 1. The van der Waals surface area contributed by atoms with E-state index in [9.17, 15) is 9.59 Å². The Morgan fingerprint density at radius 3 is 2.95 bits per heavy atom. The Morgan fingerprint density at radius 1 is 1.53 bits per heavy atom. The molecule has 1 heterocycles. The van der Waals surface area contributed by atoms with Crippen LogP contribution in [0.15, 0.2) is 23.3 Å². The van der Waals surface area contributed by atoms with Crippen LogP contribution in [-0.2, 0) is 0 Å². The van der Waals surface area contributed by atoms with Crippen LogP contribution in [0.25, 0.3) is 0 Å². The van der Waals surface area contributed by atoms with Crippen LogP contribution in [0.4, 0.5) is 0 Å². The molecule has 0 radical (unpaired) electrons. The summed E-state index contributed by atoms with van der Waals surface area (Å²) in [4.78, 5) is 28.9. The van der Waals surface area contributed by atoms with Crippen LogP contribution >= 0.6 is 0 Å². The average molecular weight is 263 g/mol. The predicted octanol–water partition coefficient (Wildman–Crippen LogP) is 0.964. The molecule has 1 fully saturated rings. The minimum Gasteiger partial charge on any atom is -0.367 e. The molecular formula is C14H21N3O2. The number of hydrogen-bond acceptors (Lipinski definition) is 3. The minimum atomic E-state index is -0.232. The Hall–Kier alpha value is -1.62. The van der Waals surface area contributed by atoms with Gasteiger partial charge in [0.25, 0.3) is 5.91 Å². The lowest BCUT2D eigenvalue weighted by Crippen LogP contribution is -2.45. The third-order valence-electron chi connectivity index (χ3n) is 3.98. The minimum absolute atomic E-state index is 0.169. The Morgan fingerprint density at radius 2 is 2.32 bits per heavy atom. The fourth-order valence-corrected chi connectivity index (χ4v) is 2.97. The number of nitrogens with two attached hydrogens (primary N) is 1. The van der Waals surface area contributed by atoms with Crippen molar-refractivity contribution in [2.75, 3.05) is 13.1 Å². The van der Waals surface area contributed by atoms with Crippen molar-refractivity contribution in [3.8, 4) is 0 Å². The van der Waals surface area contributed by atoms with Crippen LogP contribution in [0.1, 0.15) is 36.5 Å². The summed E-state index contributed by atoms with van der Waals surface area (Å²) in [5.74, 6) is 0.168. The Bertz CT molecular complexity index is 497. The van der Waals surface area contributed by atoms with Gasteiger partial charge in [-0.2, -0.15) is 0 Å². The van der Waals surface area contributed by atoms with E-state index in [0.29, 0.717) is 19.0 Å². The van der Waals surface area contributed by atoms with Crippen molar-refractivity contribution >= 4 is 5.91 Å². The van der Waals surface area contributed by atoms with Gasteiger partial charge in [0.1, 0.15) is 5.56 Å². The highest BCUT2D eigenvalue weighted by atomic mass is 16.2. The molecule has 0 saturated heterocycles. The van der Waals surface area contributed by atoms with Crippen LogP contribution in [0.2, 0.25) is 0 Å². The second-order valence-corrected chi connectivity index (χ2v) is 5.01. The molecule has 5 nitrogen and oxygen atoms in total. The molecule has 2 unspecified atom stereocenters. The van der Waals surface area contributed by atoms with Crippen molar-refractivity contribution in [1.82, 2.24) is 9.88 Å². The molecule has 1 saturated carbocycles. The third kappa shape index (κ3) is 2.71. The standard InChI is InChI=1S/C14H21N3O2/c1-2-17(12-5-3-4-10(12)8-15)14(19)11-9-16-7-6-13(11)18/h6-7,9-10,12H,2-5,8,15H2,1H3,(H,16,18). The van der Waals surface area contributed by atoms with Crippen molar-refractivity contribution in [1.29, 1.82) is 0 Å². The molecule has 1 aromatic rings. The van der Waals surface area contributed by atoms with Gasteiger partial charge in [0, 0.05) is 31.0 Å². The zero-order chi connectivity index (χ0) is 13.8. The number of nitrogens with one attached hydrogen (secondary N) is 1. The summed E-state index contributed by atoms with van der Waals surface area (Å²) in [6, 6.07) is 1.55. The van der Waals surface area contributed by atoms with Crippen molar-refractivity contribution in [3.63, 3.8) is 0 Å². The van der Waals surface area contributed by atoms with Gasteiger partial charge in [-0.1, -0.05) is 6.42 Å². The smallest absolute Gasteiger partial charge is 0.259 e. The lowest BCUT2D eigenvalue weighted by Gasteiger charge is -2.31. The summed E-state index contributed by atoms with van der Waals surface area (Å²) >= 11 is 0. The van der Waals surface area contributed by atoms with Crippen molar-refractivity contribution in [2.24, 2.45) is 11.7 Å². The number of aromatic amines is 1. The second-order valence-electron chi connectivity index (χ2n) is 5.01. The SMILES string of the molecule is CCN(C(=O)c1c[nH]ccc1=O)C1CCCC1CN. The molecule has 1 amide bonds. The van der Waals surface area contributed by atoms with E-state index in [0.717, 1.165) is 19.3 Å². The van der Waals surface area contributed by atoms with Gasteiger partial charge < -0.3 is 15.6 Å². The fraction of sp³-hybridized carbons (Fsp3) is 0.571. The zero-order valence-corrected chi connectivity index (χ0v) is 11.3. The van der Waals surface area contributed by atoms with E-state index in [2.05, 4.69) is 4.98 Å².